The highest BCUT2D eigenvalue weighted by atomic mass is 32.2. The predicted molar refractivity (Wildman–Crippen MR) is 64.5 cm³/mol. The van der Waals surface area contributed by atoms with Crippen LogP contribution in [0.2, 0.25) is 0 Å². The van der Waals surface area contributed by atoms with Crippen molar-refractivity contribution in [2.45, 2.75) is 11.0 Å². The third kappa shape index (κ3) is 1.99. The molecule has 0 aliphatic heterocycles. The van der Waals surface area contributed by atoms with E-state index >= 15 is 0 Å². The Morgan fingerprint density at radius 3 is 3.06 bits per heavy atom. The predicted octanol–water partition coefficient (Wildman–Crippen LogP) is 2.69. The molecule has 0 fully saturated rings. The first-order valence-electron chi connectivity index (χ1n) is 4.99. The van der Waals surface area contributed by atoms with Crippen molar-refractivity contribution in [1.82, 2.24) is 9.97 Å². The van der Waals surface area contributed by atoms with Crippen molar-refractivity contribution in [1.29, 1.82) is 0 Å². The second-order valence-corrected chi connectivity index (χ2v) is 4.31. The van der Waals surface area contributed by atoms with Crippen LogP contribution in [0.25, 0.3) is 11.1 Å². The van der Waals surface area contributed by atoms with Gasteiger partial charge in [0.2, 0.25) is 5.89 Å². The van der Waals surface area contributed by atoms with Gasteiger partial charge in [-0.15, -0.1) is 0 Å². The second-order valence-electron chi connectivity index (χ2n) is 3.39. The van der Waals surface area contributed by atoms with Gasteiger partial charge < -0.3 is 14.6 Å². The zero-order valence-corrected chi connectivity index (χ0v) is 9.61. The fourth-order valence-corrected chi connectivity index (χ4v) is 2.11. The number of nitrogens with zero attached hydrogens (tertiary/aromatic N) is 2. The molecule has 2 N–H and O–H groups in total. The van der Waals surface area contributed by atoms with Gasteiger partial charge in [-0.25, -0.2) is 9.97 Å². The van der Waals surface area contributed by atoms with E-state index in [9.17, 15) is 0 Å². The van der Waals surface area contributed by atoms with Crippen LogP contribution >= 0.6 is 11.8 Å². The molecular weight excluding hydrogens is 238 g/mol. The number of nitrogens with two attached hydrogens (primary N) is 1. The van der Waals surface area contributed by atoms with Gasteiger partial charge in [0.1, 0.15) is 11.8 Å². The summed E-state index contributed by atoms with van der Waals surface area (Å²) < 4.78 is 10.7. The van der Waals surface area contributed by atoms with Gasteiger partial charge in [-0.3, -0.25) is 0 Å². The highest BCUT2D eigenvalue weighted by Crippen LogP contribution is 2.25. The van der Waals surface area contributed by atoms with Gasteiger partial charge in [0.15, 0.2) is 5.58 Å². The summed E-state index contributed by atoms with van der Waals surface area (Å²) in [7, 11) is 0. The number of anilines is 1. The summed E-state index contributed by atoms with van der Waals surface area (Å²) in [5, 5.41) is 0.597. The van der Waals surface area contributed by atoms with Crippen molar-refractivity contribution in [2.24, 2.45) is 0 Å². The Bertz CT molecular complexity index is 633. The molecule has 3 rings (SSSR count). The fourth-order valence-electron chi connectivity index (χ4n) is 1.48. The summed E-state index contributed by atoms with van der Waals surface area (Å²) >= 11 is 1.43. The van der Waals surface area contributed by atoms with Crippen molar-refractivity contribution in [3.05, 3.63) is 36.5 Å². The van der Waals surface area contributed by atoms with E-state index in [0.717, 1.165) is 0 Å². The monoisotopic (exact) mass is 247 g/mol. The Morgan fingerprint density at radius 1 is 1.35 bits per heavy atom. The highest BCUT2D eigenvalue weighted by molar-refractivity contribution is 7.98. The van der Waals surface area contributed by atoms with Gasteiger partial charge in [-0.1, -0.05) is 17.8 Å². The minimum absolute atomic E-state index is 0.564. The van der Waals surface area contributed by atoms with Crippen LogP contribution in [0.1, 0.15) is 5.89 Å². The minimum atomic E-state index is 0.564. The first kappa shape index (κ1) is 10.2. The van der Waals surface area contributed by atoms with Gasteiger partial charge in [-0.05, 0) is 12.1 Å². The molecule has 0 saturated heterocycles. The first-order chi connectivity index (χ1) is 8.33. The number of rotatable bonds is 3. The molecule has 0 saturated carbocycles. The minimum Gasteiger partial charge on any atom is -0.440 e. The van der Waals surface area contributed by atoms with E-state index in [1.807, 2.05) is 12.1 Å². The molecule has 0 amide bonds. The number of hydrogen-bond donors (Lipinski definition) is 1. The molecular formula is C11H9N3O2S. The average molecular weight is 247 g/mol. The lowest BCUT2D eigenvalue weighted by Gasteiger charge is -1.90. The maximum atomic E-state index is 5.80. The average Bonchev–Trinajstić information content (AvgIpc) is 2.95. The quantitative estimate of drug-likeness (QED) is 0.566. The Morgan fingerprint density at radius 2 is 2.29 bits per heavy atom. The number of oxazole rings is 2. The first-order valence-corrected chi connectivity index (χ1v) is 5.98. The van der Waals surface area contributed by atoms with E-state index in [1.54, 1.807) is 12.3 Å². The lowest BCUT2D eigenvalue weighted by Crippen LogP contribution is -1.85. The normalized spacial score (nSPS) is 11.1. The van der Waals surface area contributed by atoms with E-state index in [-0.39, 0.29) is 0 Å². The van der Waals surface area contributed by atoms with Gasteiger partial charge in [0.05, 0.1) is 17.6 Å². The number of aromatic nitrogens is 2. The topological polar surface area (TPSA) is 78.1 Å². The Kier molecular flexibility index (Phi) is 2.49. The van der Waals surface area contributed by atoms with Crippen molar-refractivity contribution >= 4 is 28.5 Å². The molecule has 2 heterocycles. The Labute approximate surface area is 101 Å². The standard InChI is InChI=1S/C11H9N3O2S/c12-7-2-1-3-8-10(7)14-9(16-8)6-17-11-13-4-5-15-11/h1-5H,6,12H2. The summed E-state index contributed by atoms with van der Waals surface area (Å²) in [5.41, 5.74) is 7.83. The van der Waals surface area contributed by atoms with Crippen molar-refractivity contribution in [3.8, 4) is 0 Å². The van der Waals surface area contributed by atoms with Gasteiger partial charge >= 0.3 is 0 Å². The number of para-hydroxylation sites is 1. The van der Waals surface area contributed by atoms with Crippen molar-refractivity contribution in [3.63, 3.8) is 0 Å². The molecule has 2 aromatic heterocycles. The molecule has 0 unspecified atom stereocenters. The highest BCUT2D eigenvalue weighted by Gasteiger charge is 2.09. The summed E-state index contributed by atoms with van der Waals surface area (Å²) in [6.07, 6.45) is 3.14. The number of thioether (sulfide) groups is 1. The summed E-state index contributed by atoms with van der Waals surface area (Å²) in [5.74, 6) is 1.18. The van der Waals surface area contributed by atoms with Crippen LogP contribution in [0.4, 0.5) is 5.69 Å². The van der Waals surface area contributed by atoms with Crippen LogP contribution < -0.4 is 5.73 Å². The third-order valence-electron chi connectivity index (χ3n) is 2.22. The molecule has 5 nitrogen and oxygen atoms in total. The van der Waals surface area contributed by atoms with Crippen LogP contribution in [0.3, 0.4) is 0 Å². The summed E-state index contributed by atoms with van der Waals surface area (Å²) in [6.45, 7) is 0. The molecule has 6 heteroatoms. The molecule has 0 aliphatic rings. The van der Waals surface area contributed by atoms with Crippen LogP contribution in [0, 0.1) is 0 Å². The zero-order valence-electron chi connectivity index (χ0n) is 8.79. The Hall–Kier alpha value is -1.95. The third-order valence-corrected chi connectivity index (χ3v) is 3.06. The molecule has 0 aliphatic carbocycles. The van der Waals surface area contributed by atoms with E-state index < -0.39 is 0 Å². The molecule has 1 aromatic carbocycles. The molecule has 3 aromatic rings. The number of benzene rings is 1. The molecule has 17 heavy (non-hydrogen) atoms. The Balaban J connectivity index is 1.84. The molecule has 0 radical (unpaired) electrons. The SMILES string of the molecule is Nc1cccc2oc(CSc3ncco3)nc12. The van der Waals surface area contributed by atoms with Crippen LogP contribution in [-0.2, 0) is 5.75 Å². The largest absolute Gasteiger partial charge is 0.440 e. The van der Waals surface area contributed by atoms with Gasteiger partial charge in [-0.2, -0.15) is 0 Å². The lowest BCUT2D eigenvalue weighted by molar-refractivity contribution is 0.453. The number of hydrogen-bond acceptors (Lipinski definition) is 6. The van der Waals surface area contributed by atoms with Crippen molar-refractivity contribution < 1.29 is 8.83 Å². The molecule has 0 spiro atoms. The zero-order chi connectivity index (χ0) is 11.7. The van der Waals surface area contributed by atoms with Gasteiger partial charge in [0, 0.05) is 0 Å². The van der Waals surface area contributed by atoms with Crippen LogP contribution in [-0.4, -0.2) is 9.97 Å². The maximum absolute atomic E-state index is 5.80. The van der Waals surface area contributed by atoms with Crippen LogP contribution in [0.15, 0.2) is 44.7 Å². The van der Waals surface area contributed by atoms with E-state index in [1.165, 1.54) is 18.0 Å². The number of fused-ring (bicyclic) bond motifs is 1. The van der Waals surface area contributed by atoms with Gasteiger partial charge in [0.25, 0.3) is 5.22 Å². The van der Waals surface area contributed by atoms with E-state index in [4.69, 9.17) is 14.6 Å². The smallest absolute Gasteiger partial charge is 0.255 e. The molecule has 86 valence electrons. The lowest BCUT2D eigenvalue weighted by atomic mass is 10.3. The maximum Gasteiger partial charge on any atom is 0.255 e. The van der Waals surface area contributed by atoms with Crippen LogP contribution in [0.5, 0.6) is 0 Å². The fraction of sp³-hybridized carbons (Fsp3) is 0.0909. The van der Waals surface area contributed by atoms with Crippen molar-refractivity contribution in [2.75, 3.05) is 5.73 Å². The second kappa shape index (κ2) is 4.14. The molecule has 0 bridgehead atoms. The molecule has 0 atom stereocenters. The number of nitrogen functional groups attached to an aromatic ring is 1. The van der Waals surface area contributed by atoms with E-state index in [0.29, 0.717) is 33.7 Å². The summed E-state index contributed by atoms with van der Waals surface area (Å²) in [6, 6.07) is 5.49. The van der Waals surface area contributed by atoms with E-state index in [2.05, 4.69) is 9.97 Å². The summed E-state index contributed by atoms with van der Waals surface area (Å²) in [4.78, 5) is 8.33.